The van der Waals surface area contributed by atoms with Crippen molar-refractivity contribution in [3.8, 4) is 0 Å². The molecular formula is C14H17F3O. The summed E-state index contributed by atoms with van der Waals surface area (Å²) in [5, 5.41) is 9.99. The number of hydrogen-bond acceptors (Lipinski definition) is 1. The minimum absolute atomic E-state index is 0.0871. The van der Waals surface area contributed by atoms with Crippen molar-refractivity contribution in [2.45, 2.75) is 44.1 Å². The predicted octanol–water partition coefficient (Wildman–Crippen LogP) is 3.55. The molecule has 0 heterocycles. The molecule has 100 valence electrons. The van der Waals surface area contributed by atoms with E-state index in [2.05, 4.69) is 0 Å². The van der Waals surface area contributed by atoms with E-state index in [-0.39, 0.29) is 25.1 Å². The van der Waals surface area contributed by atoms with E-state index < -0.39 is 17.9 Å². The van der Waals surface area contributed by atoms with Crippen LogP contribution in [-0.2, 0) is 6.42 Å². The molecule has 0 radical (unpaired) electrons. The Morgan fingerprint density at radius 3 is 2.83 bits per heavy atom. The molecule has 0 bridgehead atoms. The summed E-state index contributed by atoms with van der Waals surface area (Å²) in [4.78, 5) is 0. The third kappa shape index (κ3) is 3.48. The van der Waals surface area contributed by atoms with Crippen LogP contribution < -0.4 is 0 Å². The van der Waals surface area contributed by atoms with Gasteiger partial charge in [0.15, 0.2) is 0 Å². The summed E-state index contributed by atoms with van der Waals surface area (Å²) in [6, 6.07) is 5.93. The molecular weight excluding hydrogens is 241 g/mol. The van der Waals surface area contributed by atoms with Gasteiger partial charge in [0.05, 0.1) is 6.10 Å². The van der Waals surface area contributed by atoms with Gasteiger partial charge in [0, 0.05) is 12.8 Å². The van der Waals surface area contributed by atoms with Crippen molar-refractivity contribution in [3.05, 3.63) is 35.6 Å². The van der Waals surface area contributed by atoms with Crippen molar-refractivity contribution in [3.63, 3.8) is 0 Å². The summed E-state index contributed by atoms with van der Waals surface area (Å²) < 4.78 is 39.5. The first-order valence-corrected chi connectivity index (χ1v) is 6.27. The Hall–Kier alpha value is -1.03. The minimum Gasteiger partial charge on any atom is -0.392 e. The van der Waals surface area contributed by atoms with E-state index in [1.807, 2.05) is 0 Å². The molecule has 18 heavy (non-hydrogen) atoms. The number of aliphatic hydroxyl groups excluding tert-OH is 1. The monoisotopic (exact) mass is 258 g/mol. The number of alkyl halides is 2. The molecule has 0 aromatic heterocycles. The quantitative estimate of drug-likeness (QED) is 0.879. The first-order valence-electron chi connectivity index (χ1n) is 6.27. The molecule has 1 saturated carbocycles. The highest BCUT2D eigenvalue weighted by Crippen LogP contribution is 2.38. The van der Waals surface area contributed by atoms with Gasteiger partial charge >= 0.3 is 0 Å². The maximum atomic E-state index is 13.2. The number of hydrogen-bond donors (Lipinski definition) is 1. The first kappa shape index (κ1) is 13.4. The van der Waals surface area contributed by atoms with Crippen LogP contribution in [0.4, 0.5) is 13.2 Å². The van der Waals surface area contributed by atoms with E-state index in [0.717, 1.165) is 0 Å². The van der Waals surface area contributed by atoms with Gasteiger partial charge in [-0.3, -0.25) is 0 Å². The summed E-state index contributed by atoms with van der Waals surface area (Å²) in [5.74, 6) is -3.42. The Morgan fingerprint density at radius 2 is 2.17 bits per heavy atom. The lowest BCUT2D eigenvalue weighted by atomic mass is 9.81. The molecule has 0 aliphatic heterocycles. The van der Waals surface area contributed by atoms with Crippen LogP contribution in [0.25, 0.3) is 0 Å². The summed E-state index contributed by atoms with van der Waals surface area (Å²) in [5.41, 5.74) is 0.649. The van der Waals surface area contributed by atoms with Gasteiger partial charge in [-0.15, -0.1) is 0 Å². The predicted molar refractivity (Wildman–Crippen MR) is 63.0 cm³/mol. The van der Waals surface area contributed by atoms with Gasteiger partial charge in [-0.05, 0) is 42.9 Å². The Kier molecular flexibility index (Phi) is 3.95. The van der Waals surface area contributed by atoms with E-state index >= 15 is 0 Å². The van der Waals surface area contributed by atoms with Crippen molar-refractivity contribution >= 4 is 0 Å². The zero-order valence-corrected chi connectivity index (χ0v) is 10.1. The van der Waals surface area contributed by atoms with Crippen LogP contribution in [0.3, 0.4) is 0 Å². The lowest BCUT2D eigenvalue weighted by molar-refractivity contribution is -0.0752. The first-order chi connectivity index (χ1) is 8.46. The normalized spacial score (nSPS) is 24.8. The molecule has 1 aliphatic carbocycles. The van der Waals surface area contributed by atoms with Crippen molar-refractivity contribution in [1.82, 2.24) is 0 Å². The topological polar surface area (TPSA) is 20.2 Å². The van der Waals surface area contributed by atoms with E-state index in [9.17, 15) is 18.3 Å². The summed E-state index contributed by atoms with van der Waals surface area (Å²) in [7, 11) is 0. The van der Waals surface area contributed by atoms with Crippen molar-refractivity contribution in [1.29, 1.82) is 0 Å². The smallest absolute Gasteiger partial charge is 0.248 e. The Morgan fingerprint density at radius 1 is 1.39 bits per heavy atom. The molecule has 2 atom stereocenters. The highest BCUT2D eigenvalue weighted by molar-refractivity contribution is 5.17. The maximum absolute atomic E-state index is 13.2. The SMILES string of the molecule is OC(Cc1cccc(F)c1)C1CCCC(F)(F)C1. The minimum atomic E-state index is -2.66. The fourth-order valence-corrected chi connectivity index (χ4v) is 2.61. The van der Waals surface area contributed by atoms with Gasteiger partial charge in [-0.25, -0.2) is 13.2 Å². The van der Waals surface area contributed by atoms with Crippen molar-refractivity contribution in [2.75, 3.05) is 0 Å². The molecule has 0 amide bonds. The van der Waals surface area contributed by atoms with Crippen LogP contribution >= 0.6 is 0 Å². The highest BCUT2D eigenvalue weighted by atomic mass is 19.3. The van der Waals surface area contributed by atoms with E-state index in [4.69, 9.17) is 0 Å². The average molecular weight is 258 g/mol. The van der Waals surface area contributed by atoms with Gasteiger partial charge in [-0.1, -0.05) is 12.1 Å². The molecule has 1 nitrogen and oxygen atoms in total. The fourth-order valence-electron chi connectivity index (χ4n) is 2.61. The van der Waals surface area contributed by atoms with Crippen molar-refractivity contribution < 1.29 is 18.3 Å². The van der Waals surface area contributed by atoms with Gasteiger partial charge in [-0.2, -0.15) is 0 Å². The van der Waals surface area contributed by atoms with E-state index in [0.29, 0.717) is 18.4 Å². The zero-order chi connectivity index (χ0) is 13.2. The summed E-state index contributed by atoms with van der Waals surface area (Å²) in [6.45, 7) is 0. The second-order valence-corrected chi connectivity index (χ2v) is 5.11. The van der Waals surface area contributed by atoms with Crippen LogP contribution in [0, 0.1) is 11.7 Å². The van der Waals surface area contributed by atoms with Crippen LogP contribution in [0.2, 0.25) is 0 Å². The molecule has 2 unspecified atom stereocenters. The second-order valence-electron chi connectivity index (χ2n) is 5.11. The van der Waals surface area contributed by atoms with E-state index in [1.165, 1.54) is 12.1 Å². The molecule has 1 N–H and O–H groups in total. The van der Waals surface area contributed by atoms with Crippen LogP contribution in [0.1, 0.15) is 31.2 Å². The van der Waals surface area contributed by atoms with Crippen molar-refractivity contribution in [2.24, 2.45) is 5.92 Å². The van der Waals surface area contributed by atoms with Crippen LogP contribution in [0.15, 0.2) is 24.3 Å². The second kappa shape index (κ2) is 5.31. The standard InChI is InChI=1S/C14H17F3O/c15-12-5-1-3-10(7-12)8-13(18)11-4-2-6-14(16,17)9-11/h1,3,5,7,11,13,18H,2,4,6,8-9H2. The number of rotatable bonds is 3. The molecule has 1 aliphatic rings. The third-order valence-electron chi connectivity index (χ3n) is 3.56. The molecule has 0 spiro atoms. The Bertz CT molecular complexity index is 406. The number of aliphatic hydroxyl groups is 1. The molecule has 1 fully saturated rings. The fraction of sp³-hybridized carbons (Fsp3) is 0.571. The van der Waals surface area contributed by atoms with Gasteiger partial charge in [0.25, 0.3) is 0 Å². The summed E-state index contributed by atoms with van der Waals surface area (Å²) >= 11 is 0. The van der Waals surface area contributed by atoms with Gasteiger partial charge < -0.3 is 5.11 Å². The molecule has 1 aromatic carbocycles. The molecule has 1 aromatic rings. The molecule has 2 rings (SSSR count). The lowest BCUT2D eigenvalue weighted by Crippen LogP contribution is -2.34. The average Bonchev–Trinajstić information content (AvgIpc) is 2.27. The Balaban J connectivity index is 1.97. The molecule has 4 heteroatoms. The lowest BCUT2D eigenvalue weighted by Gasteiger charge is -2.32. The zero-order valence-electron chi connectivity index (χ0n) is 10.1. The summed E-state index contributed by atoms with van der Waals surface area (Å²) in [6.07, 6.45) is 0.125. The van der Waals surface area contributed by atoms with Gasteiger partial charge in [0.1, 0.15) is 5.82 Å². The maximum Gasteiger partial charge on any atom is 0.248 e. The highest BCUT2D eigenvalue weighted by Gasteiger charge is 2.38. The van der Waals surface area contributed by atoms with Gasteiger partial charge in [0.2, 0.25) is 5.92 Å². The number of benzene rings is 1. The largest absolute Gasteiger partial charge is 0.392 e. The number of halogens is 3. The van der Waals surface area contributed by atoms with E-state index in [1.54, 1.807) is 12.1 Å². The van der Waals surface area contributed by atoms with Crippen LogP contribution in [-0.4, -0.2) is 17.1 Å². The third-order valence-corrected chi connectivity index (χ3v) is 3.56. The molecule has 0 saturated heterocycles. The Labute approximate surface area is 105 Å². The van der Waals surface area contributed by atoms with Crippen LogP contribution in [0.5, 0.6) is 0 Å².